The minimum atomic E-state index is 0.656. The molecule has 0 radical (unpaired) electrons. The number of hydrogen-bond acceptors (Lipinski definition) is 4. The molecule has 1 N–H and O–H groups in total. The summed E-state index contributed by atoms with van der Waals surface area (Å²) in [7, 11) is 1.68. The Morgan fingerprint density at radius 3 is 2.53 bits per heavy atom. The van der Waals surface area contributed by atoms with Crippen LogP contribution in [0.3, 0.4) is 0 Å². The number of hydrogen-bond donors (Lipinski definition) is 1. The third kappa shape index (κ3) is 5.47. The minimum absolute atomic E-state index is 0.656. The van der Waals surface area contributed by atoms with Crippen LogP contribution in [0.15, 0.2) is 95.7 Å². The number of nitrogens with zero attached hydrogens (tertiary/aromatic N) is 2. The zero-order valence-electron chi connectivity index (χ0n) is 20.2. The number of aromatic nitrogens is 2. The quantitative estimate of drug-likeness (QED) is 0.228. The molecule has 0 fully saturated rings. The van der Waals surface area contributed by atoms with Gasteiger partial charge in [0.25, 0.3) is 0 Å². The van der Waals surface area contributed by atoms with E-state index in [1.165, 1.54) is 16.7 Å². The molecule has 0 atom stereocenters. The summed E-state index contributed by atoms with van der Waals surface area (Å²) in [5.41, 5.74) is 7.80. The highest BCUT2D eigenvalue weighted by Crippen LogP contribution is 2.29. The molecule has 0 bridgehead atoms. The second-order valence-corrected chi connectivity index (χ2v) is 9.54. The number of rotatable bonds is 7. The number of halogens is 1. The van der Waals surface area contributed by atoms with Crippen LogP contribution < -0.4 is 10.1 Å². The van der Waals surface area contributed by atoms with E-state index in [9.17, 15) is 0 Å². The maximum Gasteiger partial charge on any atom is 0.134 e. The zero-order valence-corrected chi connectivity index (χ0v) is 21.8. The number of anilines is 1. The minimum Gasteiger partial charge on any atom is -0.497 e. The van der Waals surface area contributed by atoms with Crippen molar-refractivity contribution in [2.24, 2.45) is 0 Å². The number of pyridine rings is 2. The molecule has 0 spiro atoms. The normalized spacial score (nSPS) is 11.2. The molecule has 5 aromatic rings. The van der Waals surface area contributed by atoms with Gasteiger partial charge in [-0.25, -0.2) is 4.98 Å². The predicted molar refractivity (Wildman–Crippen MR) is 153 cm³/mol. The molecular weight excluding hydrogens is 510 g/mol. The van der Waals surface area contributed by atoms with E-state index in [1.54, 1.807) is 13.3 Å². The summed E-state index contributed by atoms with van der Waals surface area (Å²) in [4.78, 5) is 9.27. The SMILES string of the molecule is COc1ccc(CNc2nc3ccc(-c4ccccc4C)cc3cc2C=Cc2cncc(Br)c2)cc1. The Morgan fingerprint density at radius 1 is 0.917 bits per heavy atom. The number of aryl methyl sites for hydroxylation is 1. The van der Waals surface area contributed by atoms with E-state index in [1.807, 2.05) is 24.4 Å². The Kier molecular flexibility index (Phi) is 7.10. The molecule has 0 aliphatic rings. The van der Waals surface area contributed by atoms with Gasteiger partial charge in [-0.05, 0) is 87.1 Å². The Bertz CT molecular complexity index is 1540. The summed E-state index contributed by atoms with van der Waals surface area (Å²) < 4.78 is 6.23. The average Bonchev–Trinajstić information content (AvgIpc) is 2.91. The molecule has 0 amide bonds. The highest BCUT2D eigenvalue weighted by atomic mass is 79.9. The first-order chi connectivity index (χ1) is 17.6. The molecular formula is C31H26BrN3O. The van der Waals surface area contributed by atoms with E-state index in [4.69, 9.17) is 9.72 Å². The first kappa shape index (κ1) is 23.8. The summed E-state index contributed by atoms with van der Waals surface area (Å²) in [6.07, 6.45) is 7.78. The van der Waals surface area contributed by atoms with E-state index >= 15 is 0 Å². The molecule has 0 saturated heterocycles. The fourth-order valence-electron chi connectivity index (χ4n) is 4.16. The molecule has 36 heavy (non-hydrogen) atoms. The lowest BCUT2D eigenvalue weighted by molar-refractivity contribution is 0.414. The highest BCUT2D eigenvalue weighted by molar-refractivity contribution is 9.10. The Balaban J connectivity index is 1.52. The van der Waals surface area contributed by atoms with Crippen molar-refractivity contribution in [1.82, 2.24) is 9.97 Å². The van der Waals surface area contributed by atoms with Gasteiger partial charge in [0, 0.05) is 34.4 Å². The van der Waals surface area contributed by atoms with Gasteiger partial charge in [-0.15, -0.1) is 0 Å². The van der Waals surface area contributed by atoms with Gasteiger partial charge >= 0.3 is 0 Å². The monoisotopic (exact) mass is 535 g/mol. The van der Waals surface area contributed by atoms with Gasteiger partial charge in [-0.1, -0.05) is 54.6 Å². The maximum absolute atomic E-state index is 5.28. The van der Waals surface area contributed by atoms with Crippen LogP contribution in [0.2, 0.25) is 0 Å². The molecule has 4 nitrogen and oxygen atoms in total. The van der Waals surface area contributed by atoms with Gasteiger partial charge in [0.2, 0.25) is 0 Å². The number of benzene rings is 3. The molecule has 5 rings (SSSR count). The number of ether oxygens (including phenoxy) is 1. The summed E-state index contributed by atoms with van der Waals surface area (Å²) in [6.45, 7) is 2.80. The second-order valence-electron chi connectivity index (χ2n) is 8.62. The van der Waals surface area contributed by atoms with Crippen molar-refractivity contribution in [3.8, 4) is 16.9 Å². The van der Waals surface area contributed by atoms with Crippen molar-refractivity contribution in [2.45, 2.75) is 13.5 Å². The van der Waals surface area contributed by atoms with Crippen LogP contribution in [0.25, 0.3) is 34.2 Å². The zero-order chi connectivity index (χ0) is 24.9. The lowest BCUT2D eigenvalue weighted by Gasteiger charge is -2.13. The molecule has 5 heteroatoms. The molecule has 0 aliphatic heterocycles. The standard InChI is InChI=1S/C31H26BrN3O/c1-21-5-3-4-6-29(21)24-11-14-30-26(16-24)17-25(10-7-23-15-27(32)20-33-18-23)31(35-30)34-19-22-8-12-28(36-2)13-9-22/h3-18,20H,19H2,1-2H3,(H,34,35). The predicted octanol–water partition coefficient (Wildman–Crippen LogP) is 8.16. The Hall–Kier alpha value is -3.96. The van der Waals surface area contributed by atoms with E-state index < -0.39 is 0 Å². The van der Waals surface area contributed by atoms with Crippen molar-refractivity contribution in [1.29, 1.82) is 0 Å². The molecule has 0 saturated carbocycles. The van der Waals surface area contributed by atoms with E-state index in [0.717, 1.165) is 43.6 Å². The average molecular weight is 536 g/mol. The molecule has 3 aromatic carbocycles. The van der Waals surface area contributed by atoms with Crippen LogP contribution >= 0.6 is 15.9 Å². The first-order valence-electron chi connectivity index (χ1n) is 11.8. The fraction of sp³-hybridized carbons (Fsp3) is 0.0968. The summed E-state index contributed by atoms with van der Waals surface area (Å²) in [6, 6.07) is 27.2. The van der Waals surface area contributed by atoms with Gasteiger partial charge in [0.05, 0.1) is 12.6 Å². The van der Waals surface area contributed by atoms with Crippen molar-refractivity contribution in [3.63, 3.8) is 0 Å². The van der Waals surface area contributed by atoms with Crippen molar-refractivity contribution in [2.75, 3.05) is 12.4 Å². The summed E-state index contributed by atoms with van der Waals surface area (Å²) >= 11 is 3.50. The number of methoxy groups -OCH3 is 1. The lowest BCUT2D eigenvalue weighted by Crippen LogP contribution is -2.03. The molecule has 2 aromatic heterocycles. The summed E-state index contributed by atoms with van der Waals surface area (Å²) in [5.74, 6) is 1.68. The topological polar surface area (TPSA) is 47.0 Å². The molecule has 0 aliphatic carbocycles. The van der Waals surface area contributed by atoms with Crippen LogP contribution in [-0.4, -0.2) is 17.1 Å². The third-order valence-electron chi connectivity index (χ3n) is 6.10. The molecule has 0 unspecified atom stereocenters. The van der Waals surface area contributed by atoms with E-state index in [-0.39, 0.29) is 0 Å². The van der Waals surface area contributed by atoms with Gasteiger partial charge in [0.1, 0.15) is 11.6 Å². The number of nitrogens with one attached hydrogen (secondary N) is 1. The van der Waals surface area contributed by atoms with Crippen LogP contribution in [0.4, 0.5) is 5.82 Å². The second kappa shape index (κ2) is 10.8. The van der Waals surface area contributed by atoms with Gasteiger partial charge in [0.15, 0.2) is 0 Å². The smallest absolute Gasteiger partial charge is 0.134 e. The van der Waals surface area contributed by atoms with Crippen LogP contribution in [0.1, 0.15) is 22.3 Å². The first-order valence-corrected chi connectivity index (χ1v) is 12.5. The van der Waals surface area contributed by atoms with Gasteiger partial charge < -0.3 is 10.1 Å². The van der Waals surface area contributed by atoms with Crippen molar-refractivity contribution < 1.29 is 4.74 Å². The van der Waals surface area contributed by atoms with Crippen molar-refractivity contribution >= 4 is 44.8 Å². The van der Waals surface area contributed by atoms with Crippen LogP contribution in [-0.2, 0) is 6.54 Å². The fourth-order valence-corrected chi connectivity index (χ4v) is 4.54. The van der Waals surface area contributed by atoms with Crippen LogP contribution in [0.5, 0.6) is 5.75 Å². The Labute approximate surface area is 219 Å². The van der Waals surface area contributed by atoms with E-state index in [2.05, 4.69) is 106 Å². The maximum atomic E-state index is 5.28. The van der Waals surface area contributed by atoms with Crippen LogP contribution in [0, 0.1) is 6.92 Å². The van der Waals surface area contributed by atoms with Crippen molar-refractivity contribution in [3.05, 3.63) is 118 Å². The third-order valence-corrected chi connectivity index (χ3v) is 6.53. The largest absolute Gasteiger partial charge is 0.497 e. The number of fused-ring (bicyclic) bond motifs is 1. The molecule has 178 valence electrons. The van der Waals surface area contributed by atoms with Gasteiger partial charge in [-0.2, -0.15) is 0 Å². The lowest BCUT2D eigenvalue weighted by atomic mass is 9.98. The van der Waals surface area contributed by atoms with Gasteiger partial charge in [-0.3, -0.25) is 4.98 Å². The Morgan fingerprint density at radius 2 is 1.75 bits per heavy atom. The molecule has 2 heterocycles. The highest BCUT2D eigenvalue weighted by Gasteiger charge is 2.09. The van der Waals surface area contributed by atoms with E-state index in [0.29, 0.717) is 6.54 Å². The summed E-state index contributed by atoms with van der Waals surface area (Å²) in [5, 5.41) is 4.63.